The Hall–Kier alpha value is -0.830. The van der Waals surface area contributed by atoms with Gasteiger partial charge in [-0.05, 0) is 46.8 Å². The summed E-state index contributed by atoms with van der Waals surface area (Å²) in [5.74, 6) is 0.804. The van der Waals surface area contributed by atoms with E-state index < -0.39 is 7.82 Å². The number of hydrogen-bond acceptors (Lipinski definition) is 2. The number of rotatable bonds is 10. The molecule has 0 saturated carbocycles. The molecule has 27 heavy (non-hydrogen) atoms. The lowest BCUT2D eigenvalue weighted by Crippen LogP contribution is -2.25. The van der Waals surface area contributed by atoms with E-state index >= 15 is 0 Å². The minimum Gasteiger partial charge on any atom is -0.404 e. The first kappa shape index (κ1) is 24.2. The van der Waals surface area contributed by atoms with Crippen LogP contribution in [0, 0.1) is 11.3 Å². The van der Waals surface area contributed by atoms with Gasteiger partial charge in [0.25, 0.3) is 0 Å². The molecule has 0 aromatic heterocycles. The predicted octanol–water partition coefficient (Wildman–Crippen LogP) is 6.63. The summed E-state index contributed by atoms with van der Waals surface area (Å²) in [6.45, 7) is 15.5. The second-order valence-corrected chi connectivity index (χ2v) is 10.8. The van der Waals surface area contributed by atoms with Crippen LogP contribution in [-0.4, -0.2) is 9.79 Å². The molecule has 0 fully saturated rings. The van der Waals surface area contributed by atoms with E-state index in [1.165, 1.54) is 12.0 Å². The molecular formula is C22H39O4P. The molecule has 2 N–H and O–H groups in total. The summed E-state index contributed by atoms with van der Waals surface area (Å²) in [7, 11) is -4.58. The van der Waals surface area contributed by atoms with Crippen LogP contribution in [-0.2, 0) is 16.4 Å². The molecule has 0 aliphatic heterocycles. The van der Waals surface area contributed by atoms with Gasteiger partial charge in [-0.15, -0.1) is 0 Å². The Bertz CT molecular complexity index is 640. The van der Waals surface area contributed by atoms with Crippen molar-refractivity contribution in [2.75, 3.05) is 0 Å². The first-order valence-electron chi connectivity index (χ1n) is 10.2. The van der Waals surface area contributed by atoms with E-state index in [0.29, 0.717) is 11.7 Å². The first-order valence-corrected chi connectivity index (χ1v) is 11.7. The lowest BCUT2D eigenvalue weighted by molar-refractivity contribution is 0.280. The molecular weight excluding hydrogens is 359 g/mol. The predicted molar refractivity (Wildman–Crippen MR) is 113 cm³/mol. The van der Waals surface area contributed by atoms with Gasteiger partial charge in [0.2, 0.25) is 0 Å². The maximum atomic E-state index is 11.4. The summed E-state index contributed by atoms with van der Waals surface area (Å²) in [4.78, 5) is 18.6. The van der Waals surface area contributed by atoms with E-state index in [2.05, 4.69) is 54.5 Å². The number of phosphoric acid groups is 1. The number of unbranched alkanes of at least 4 members (excludes halogenated alkanes) is 1. The van der Waals surface area contributed by atoms with E-state index in [9.17, 15) is 14.4 Å². The topological polar surface area (TPSA) is 66.8 Å². The highest BCUT2D eigenvalue weighted by atomic mass is 31.2. The molecule has 0 aliphatic rings. The van der Waals surface area contributed by atoms with Gasteiger partial charge in [0.1, 0.15) is 5.75 Å². The Labute approximate surface area is 166 Å². The highest BCUT2D eigenvalue weighted by Crippen LogP contribution is 2.43. The van der Waals surface area contributed by atoms with Crippen molar-refractivity contribution < 1.29 is 18.9 Å². The van der Waals surface area contributed by atoms with Crippen LogP contribution in [0.1, 0.15) is 91.7 Å². The maximum Gasteiger partial charge on any atom is 0.524 e. The normalized spacial score (nSPS) is 14.3. The molecule has 1 aromatic carbocycles. The summed E-state index contributed by atoms with van der Waals surface area (Å²) >= 11 is 0. The second kappa shape index (κ2) is 9.58. The van der Waals surface area contributed by atoms with Gasteiger partial charge in [-0.3, -0.25) is 9.79 Å². The smallest absolute Gasteiger partial charge is 0.404 e. The average molecular weight is 399 g/mol. The molecule has 0 spiro atoms. The van der Waals surface area contributed by atoms with Crippen molar-refractivity contribution in [2.45, 2.75) is 92.4 Å². The van der Waals surface area contributed by atoms with Gasteiger partial charge in [0, 0.05) is 0 Å². The van der Waals surface area contributed by atoms with Crippen LogP contribution in [0.25, 0.3) is 0 Å². The molecule has 1 aromatic rings. The van der Waals surface area contributed by atoms with E-state index in [1.807, 2.05) is 6.07 Å². The number of hydrogen-bond donors (Lipinski definition) is 2. The largest absolute Gasteiger partial charge is 0.524 e. The van der Waals surface area contributed by atoms with Crippen molar-refractivity contribution in [1.82, 2.24) is 0 Å². The zero-order valence-electron chi connectivity index (χ0n) is 18.2. The fourth-order valence-corrected chi connectivity index (χ4v) is 4.49. The minimum absolute atomic E-state index is 0.0290. The average Bonchev–Trinajstić information content (AvgIpc) is 2.48. The third-order valence-corrected chi connectivity index (χ3v) is 5.52. The maximum absolute atomic E-state index is 11.4. The van der Waals surface area contributed by atoms with Crippen LogP contribution < -0.4 is 4.52 Å². The third kappa shape index (κ3) is 8.81. The summed E-state index contributed by atoms with van der Waals surface area (Å²) in [6, 6.07) is 5.79. The highest BCUT2D eigenvalue weighted by molar-refractivity contribution is 7.46. The van der Waals surface area contributed by atoms with Crippen molar-refractivity contribution >= 4 is 7.82 Å². The molecule has 1 unspecified atom stereocenters. The van der Waals surface area contributed by atoms with Crippen molar-refractivity contribution in [3.05, 3.63) is 29.3 Å². The van der Waals surface area contributed by atoms with Gasteiger partial charge in [0.15, 0.2) is 0 Å². The van der Waals surface area contributed by atoms with Crippen molar-refractivity contribution in [3.63, 3.8) is 0 Å². The van der Waals surface area contributed by atoms with Crippen LogP contribution >= 0.6 is 7.82 Å². The Morgan fingerprint density at radius 1 is 1.11 bits per heavy atom. The molecule has 1 rings (SSSR count). The zero-order valence-corrected chi connectivity index (χ0v) is 19.1. The number of phosphoric ester groups is 1. The standard InChI is InChI=1S/C22H39O4P/c1-8-10-11-17(9-2)14-18-15-19(22(6,7)16-21(3,4)5)12-13-20(18)26-27(23,24)25/h12-13,15,17H,8-11,14,16H2,1-7H3,(H2,23,24,25). The number of benzene rings is 1. The Balaban J connectivity index is 3.25. The van der Waals surface area contributed by atoms with Crippen molar-refractivity contribution in [3.8, 4) is 5.75 Å². The monoisotopic (exact) mass is 398 g/mol. The summed E-state index contributed by atoms with van der Waals surface area (Å²) < 4.78 is 16.4. The summed E-state index contributed by atoms with van der Waals surface area (Å²) in [6.07, 6.45) is 6.29. The SMILES string of the molecule is CCCCC(CC)Cc1cc(C(C)(C)CC(C)(C)C)ccc1OP(=O)(O)O. The van der Waals surface area contributed by atoms with Gasteiger partial charge in [-0.25, -0.2) is 4.57 Å². The van der Waals surface area contributed by atoms with E-state index in [4.69, 9.17) is 4.52 Å². The highest BCUT2D eigenvalue weighted by Gasteiger charge is 2.29. The van der Waals surface area contributed by atoms with Crippen LogP contribution in [0.5, 0.6) is 5.75 Å². The van der Waals surface area contributed by atoms with Crippen LogP contribution in [0.2, 0.25) is 0 Å². The van der Waals surface area contributed by atoms with Crippen LogP contribution in [0.15, 0.2) is 18.2 Å². The van der Waals surface area contributed by atoms with E-state index in [1.54, 1.807) is 6.07 Å². The van der Waals surface area contributed by atoms with Gasteiger partial charge >= 0.3 is 7.82 Å². The Morgan fingerprint density at radius 3 is 2.22 bits per heavy atom. The molecule has 156 valence electrons. The quantitative estimate of drug-likeness (QED) is 0.434. The van der Waals surface area contributed by atoms with Gasteiger partial charge < -0.3 is 4.52 Å². The molecule has 5 heteroatoms. The fraction of sp³-hybridized carbons (Fsp3) is 0.727. The fourth-order valence-electron chi connectivity index (χ4n) is 4.06. The summed E-state index contributed by atoms with van der Waals surface area (Å²) in [5, 5.41) is 0. The Kier molecular flexibility index (Phi) is 8.59. The van der Waals surface area contributed by atoms with Crippen LogP contribution in [0.4, 0.5) is 0 Å². The lowest BCUT2D eigenvalue weighted by Gasteiger charge is -2.33. The zero-order chi connectivity index (χ0) is 20.9. The van der Waals surface area contributed by atoms with Crippen molar-refractivity contribution in [1.29, 1.82) is 0 Å². The second-order valence-electron chi connectivity index (χ2n) is 9.65. The van der Waals surface area contributed by atoms with Gasteiger partial charge in [-0.2, -0.15) is 0 Å². The lowest BCUT2D eigenvalue weighted by atomic mass is 9.72. The molecule has 0 radical (unpaired) electrons. The van der Waals surface area contributed by atoms with E-state index in [0.717, 1.165) is 37.7 Å². The van der Waals surface area contributed by atoms with Crippen LogP contribution in [0.3, 0.4) is 0 Å². The Morgan fingerprint density at radius 2 is 1.74 bits per heavy atom. The van der Waals surface area contributed by atoms with E-state index in [-0.39, 0.29) is 10.8 Å². The van der Waals surface area contributed by atoms with Crippen molar-refractivity contribution in [2.24, 2.45) is 11.3 Å². The van der Waals surface area contributed by atoms with Gasteiger partial charge in [-0.1, -0.05) is 86.3 Å². The third-order valence-electron chi connectivity index (χ3n) is 5.08. The molecule has 0 aliphatic carbocycles. The summed E-state index contributed by atoms with van der Waals surface area (Å²) in [5.41, 5.74) is 2.26. The van der Waals surface area contributed by atoms with Gasteiger partial charge in [0.05, 0.1) is 0 Å². The molecule has 0 amide bonds. The molecule has 0 bridgehead atoms. The first-order chi connectivity index (χ1) is 12.3. The molecule has 0 heterocycles. The molecule has 0 saturated heterocycles. The molecule has 1 atom stereocenters. The minimum atomic E-state index is -4.58. The molecule has 4 nitrogen and oxygen atoms in total.